The van der Waals surface area contributed by atoms with Crippen molar-refractivity contribution in [3.63, 3.8) is 0 Å². The van der Waals surface area contributed by atoms with E-state index in [1.807, 2.05) is 27.7 Å². The zero-order valence-electron chi connectivity index (χ0n) is 34.2. The van der Waals surface area contributed by atoms with Gasteiger partial charge in [-0.2, -0.15) is 13.2 Å². The number of Topliss-reactive ketones (excluding diaryl/α,β-unsaturated/α-hetero) is 1. The first-order valence-corrected chi connectivity index (χ1v) is 18.7. The van der Waals surface area contributed by atoms with Crippen molar-refractivity contribution >= 4 is 35.5 Å². The topological polar surface area (TPSA) is 177 Å². The van der Waals surface area contributed by atoms with Crippen LogP contribution in [0, 0.1) is 23.2 Å². The predicted molar refractivity (Wildman–Crippen MR) is 198 cm³/mol. The number of nitrogens with zero attached hydrogens (tertiary/aromatic N) is 1. The van der Waals surface area contributed by atoms with Crippen molar-refractivity contribution in [2.45, 2.75) is 166 Å². The predicted octanol–water partition coefficient (Wildman–Crippen LogP) is 6.29. The van der Waals surface area contributed by atoms with Crippen LogP contribution in [0.3, 0.4) is 0 Å². The summed E-state index contributed by atoms with van der Waals surface area (Å²) in [6.45, 7) is 27.2. The molecule has 2 fully saturated rings. The fourth-order valence-electron chi connectivity index (χ4n) is 4.45. The van der Waals surface area contributed by atoms with Crippen LogP contribution in [0.4, 0.5) is 18.0 Å². The number of primary amides is 1. The minimum Gasteiger partial charge on any atom is -0.464 e. The van der Waals surface area contributed by atoms with E-state index < -0.39 is 90.0 Å². The lowest BCUT2D eigenvalue weighted by Gasteiger charge is -2.36. The summed E-state index contributed by atoms with van der Waals surface area (Å²) in [5.41, 5.74) is 4.10. The van der Waals surface area contributed by atoms with Gasteiger partial charge in [0.05, 0.1) is 12.6 Å². The van der Waals surface area contributed by atoms with Crippen LogP contribution in [-0.4, -0.2) is 83.9 Å². The third-order valence-corrected chi connectivity index (χ3v) is 7.09. The van der Waals surface area contributed by atoms with Gasteiger partial charge in [0.1, 0.15) is 18.1 Å². The average molecular weight is 754 g/mol. The molecule has 12 nitrogen and oxygen atoms in total. The van der Waals surface area contributed by atoms with Gasteiger partial charge in [-0.1, -0.05) is 96.4 Å². The number of alkyl halides is 3. The van der Waals surface area contributed by atoms with Crippen LogP contribution in [0.15, 0.2) is 0 Å². The fourth-order valence-corrected chi connectivity index (χ4v) is 4.45. The monoisotopic (exact) mass is 754 g/mol. The number of rotatable bonds is 12. The number of nitrogens with one attached hydrogen (secondary N) is 3. The largest absolute Gasteiger partial charge is 0.464 e. The highest BCUT2D eigenvalue weighted by Crippen LogP contribution is 2.30. The molecule has 5 N–H and O–H groups in total. The Hall–Kier alpha value is -3.39. The van der Waals surface area contributed by atoms with Crippen LogP contribution in [0.2, 0.25) is 0 Å². The Morgan fingerprint density at radius 3 is 1.75 bits per heavy atom. The van der Waals surface area contributed by atoms with Gasteiger partial charge in [0.25, 0.3) is 5.91 Å². The van der Waals surface area contributed by atoms with E-state index in [4.69, 9.17) is 10.5 Å². The van der Waals surface area contributed by atoms with Crippen LogP contribution < -0.4 is 21.7 Å². The van der Waals surface area contributed by atoms with E-state index in [2.05, 4.69) is 50.6 Å². The molecule has 0 radical (unpaired) electrons. The summed E-state index contributed by atoms with van der Waals surface area (Å²) >= 11 is 0. The molecule has 2 aliphatic rings. The molecule has 306 valence electrons. The first-order valence-electron chi connectivity index (χ1n) is 18.7. The van der Waals surface area contributed by atoms with E-state index in [-0.39, 0.29) is 13.2 Å². The molecule has 15 heteroatoms. The maximum absolute atomic E-state index is 13.7. The summed E-state index contributed by atoms with van der Waals surface area (Å²) in [4.78, 5) is 76.6. The number of carbonyl (C=O) groups is 6. The van der Waals surface area contributed by atoms with E-state index in [0.29, 0.717) is 12.3 Å². The number of carbonyl (C=O) groups excluding carboxylic acids is 6. The van der Waals surface area contributed by atoms with Gasteiger partial charge in [0.15, 0.2) is 0 Å². The third kappa shape index (κ3) is 22.5. The van der Waals surface area contributed by atoms with Gasteiger partial charge in [-0.3, -0.25) is 19.2 Å². The van der Waals surface area contributed by atoms with Gasteiger partial charge >= 0.3 is 18.2 Å². The number of hydrogen-bond acceptors (Lipinski definition) is 7. The lowest BCUT2D eigenvalue weighted by molar-refractivity contribution is -0.147. The van der Waals surface area contributed by atoms with Crippen LogP contribution in [0.1, 0.15) is 135 Å². The molecule has 1 aliphatic carbocycles. The summed E-state index contributed by atoms with van der Waals surface area (Å²) < 4.78 is 43.5. The highest BCUT2D eigenvalue weighted by atomic mass is 19.4. The Morgan fingerprint density at radius 1 is 0.865 bits per heavy atom. The zero-order valence-corrected chi connectivity index (χ0v) is 34.2. The SMILES string of the molecule is CC.CC.CC(C)C.CC(NC(=O)NC(C(=O)N1CCC(C)C1C(=O)NC(CCC(F)(F)F)C(=O)C(N)=O)C(C)(C)C)C(=O)OCC1CC1.CCC. The Balaban J connectivity index is -0.00000194. The Kier molecular flexibility index (Phi) is 26.9. The highest BCUT2D eigenvalue weighted by molar-refractivity contribution is 6.37. The van der Waals surface area contributed by atoms with E-state index in [0.717, 1.165) is 18.8 Å². The lowest BCUT2D eigenvalue weighted by Crippen LogP contribution is -2.61. The number of ketones is 1. The Bertz CT molecular complexity index is 1090. The molecule has 5 amide bonds. The highest BCUT2D eigenvalue weighted by Gasteiger charge is 2.46. The smallest absolute Gasteiger partial charge is 0.389 e. The van der Waals surface area contributed by atoms with Crippen molar-refractivity contribution in [3.05, 3.63) is 0 Å². The number of halogens is 3. The quantitative estimate of drug-likeness (QED) is 0.134. The van der Waals surface area contributed by atoms with Gasteiger partial charge in [-0.05, 0) is 55.8 Å². The molecule has 52 heavy (non-hydrogen) atoms. The van der Waals surface area contributed by atoms with Crippen molar-refractivity contribution in [2.24, 2.45) is 28.9 Å². The molecule has 1 heterocycles. The molecular formula is C37H70F3N5O7. The van der Waals surface area contributed by atoms with Gasteiger partial charge in [0.2, 0.25) is 17.6 Å². The van der Waals surface area contributed by atoms with Crippen LogP contribution >= 0.6 is 0 Å². The summed E-state index contributed by atoms with van der Waals surface area (Å²) in [5.74, 6) is -4.36. The maximum atomic E-state index is 13.7. The molecule has 0 aromatic rings. The molecule has 2 rings (SSSR count). The number of hydrogen-bond donors (Lipinski definition) is 4. The minimum absolute atomic E-state index is 0.0921. The van der Waals surface area contributed by atoms with Gasteiger partial charge in [-0.25, -0.2) is 9.59 Å². The Labute approximate surface area is 310 Å². The van der Waals surface area contributed by atoms with E-state index in [1.165, 1.54) is 18.2 Å². The summed E-state index contributed by atoms with van der Waals surface area (Å²) in [5, 5.41) is 7.18. The number of urea groups is 1. The second-order valence-corrected chi connectivity index (χ2v) is 14.3. The number of likely N-dealkylation sites (tertiary alicyclic amines) is 1. The van der Waals surface area contributed by atoms with Gasteiger partial charge in [-0.15, -0.1) is 0 Å². The summed E-state index contributed by atoms with van der Waals surface area (Å²) in [7, 11) is 0. The number of nitrogens with two attached hydrogens (primary N) is 1. The third-order valence-electron chi connectivity index (χ3n) is 7.09. The maximum Gasteiger partial charge on any atom is 0.389 e. The summed E-state index contributed by atoms with van der Waals surface area (Å²) in [6.07, 6.45) is -3.43. The number of ether oxygens (including phenoxy) is 1. The fraction of sp³-hybridized carbons (Fsp3) is 0.838. The molecule has 1 aliphatic heterocycles. The van der Waals surface area contributed by atoms with E-state index in [9.17, 15) is 41.9 Å². The zero-order chi connectivity index (χ0) is 41.6. The molecular weight excluding hydrogens is 683 g/mol. The first-order chi connectivity index (χ1) is 24.0. The lowest BCUT2D eigenvalue weighted by atomic mass is 9.85. The van der Waals surface area contributed by atoms with Crippen molar-refractivity contribution in [2.75, 3.05) is 13.2 Å². The second kappa shape index (κ2) is 26.4. The van der Waals surface area contributed by atoms with E-state index >= 15 is 0 Å². The van der Waals surface area contributed by atoms with E-state index in [1.54, 1.807) is 27.7 Å². The average Bonchev–Trinajstić information content (AvgIpc) is 3.79. The van der Waals surface area contributed by atoms with Crippen molar-refractivity contribution in [1.29, 1.82) is 0 Å². The number of amides is 5. The molecule has 0 aromatic carbocycles. The molecule has 0 spiro atoms. The van der Waals surface area contributed by atoms with Crippen LogP contribution in [0.25, 0.3) is 0 Å². The van der Waals surface area contributed by atoms with Crippen molar-refractivity contribution in [1.82, 2.24) is 20.9 Å². The molecule has 0 aromatic heterocycles. The molecule has 1 saturated heterocycles. The van der Waals surface area contributed by atoms with Gasteiger partial charge < -0.3 is 31.3 Å². The normalized spacial score (nSPS) is 18.1. The molecule has 0 bridgehead atoms. The molecule has 5 atom stereocenters. The van der Waals surface area contributed by atoms with Crippen LogP contribution in [-0.2, 0) is 28.7 Å². The standard InChI is InChI=1S/C26H40F3N5O7.C4H10.C3H8.2C2H6/c1-13-9-11-34(17(13)21(37)32-16(18(35)20(30)36)8-10-26(27,28)29)22(38)19(25(3,4)5)33-24(40)31-14(2)23(39)41-12-15-6-7-15;1-4(2)3;1-3-2;2*1-2/h13-17,19H,6-12H2,1-5H3,(H2,30,36)(H,32,37)(H2,31,33,40);4H,1-3H3;3H2,1-2H3;2*1-2H3. The van der Waals surface area contributed by atoms with Gasteiger partial charge in [0, 0.05) is 13.0 Å². The first kappa shape index (κ1) is 53.0. The molecule has 5 unspecified atom stereocenters. The van der Waals surface area contributed by atoms with Crippen molar-refractivity contribution in [3.8, 4) is 0 Å². The summed E-state index contributed by atoms with van der Waals surface area (Å²) in [6, 6.07) is -6.00. The van der Waals surface area contributed by atoms with Crippen LogP contribution in [0.5, 0.6) is 0 Å². The second-order valence-electron chi connectivity index (χ2n) is 14.3. The minimum atomic E-state index is -4.65. The number of esters is 1. The van der Waals surface area contributed by atoms with Crippen molar-refractivity contribution < 1.29 is 46.7 Å². The molecule has 1 saturated carbocycles. The Morgan fingerprint density at radius 2 is 1.35 bits per heavy atom.